The van der Waals surface area contributed by atoms with Crippen LogP contribution in [-0.2, 0) is 7.05 Å². The Labute approximate surface area is 149 Å². The monoisotopic (exact) mass is 350 g/mol. The number of nitrogens with zero attached hydrogens (tertiary/aromatic N) is 4. The molecule has 1 aromatic heterocycles. The number of allylic oxidation sites excluding steroid dienone is 1. The second-order valence-electron chi connectivity index (χ2n) is 6.33. The van der Waals surface area contributed by atoms with Crippen LogP contribution in [0, 0.1) is 6.92 Å². The standard InChI is InChI=1S/C19H18N4O3/c1-11-12(18(24)22(3)17-16(11)19(25)23(4)20-17)9-10-15-21(2)13-7-5-6-8-14(13)26-15/h5-10H,1-4H3/b12-9-,15-10?. The quantitative estimate of drug-likeness (QED) is 0.750. The number of carbonyl (C=O) groups excluding carboxylic acids is 1. The van der Waals surface area contributed by atoms with Crippen LogP contribution < -0.4 is 25.9 Å². The highest BCUT2D eigenvalue weighted by Gasteiger charge is 2.26. The van der Waals surface area contributed by atoms with Crippen LogP contribution >= 0.6 is 0 Å². The molecule has 0 fully saturated rings. The largest absolute Gasteiger partial charge is 0.439 e. The van der Waals surface area contributed by atoms with E-state index in [9.17, 15) is 9.59 Å². The number of carbonyl (C=O) groups is 1. The SMILES string of the molecule is Cc1c2c(n(C)c(=O)/c1=C\C=C1Oc3ccccc3N1C)=NN(C)C2=O. The van der Waals surface area contributed by atoms with Crippen molar-refractivity contribution in [1.82, 2.24) is 9.58 Å². The minimum Gasteiger partial charge on any atom is -0.439 e. The molecule has 3 heterocycles. The molecule has 7 heteroatoms. The Bertz CT molecular complexity index is 1160. The van der Waals surface area contributed by atoms with Gasteiger partial charge in [-0.3, -0.25) is 14.2 Å². The summed E-state index contributed by atoms with van der Waals surface area (Å²) < 4.78 is 7.24. The molecule has 1 amide bonds. The lowest BCUT2D eigenvalue weighted by Gasteiger charge is -2.10. The first-order chi connectivity index (χ1) is 12.4. The van der Waals surface area contributed by atoms with E-state index in [2.05, 4.69) is 5.10 Å². The predicted molar refractivity (Wildman–Crippen MR) is 97.3 cm³/mol. The summed E-state index contributed by atoms with van der Waals surface area (Å²) in [5, 5.41) is 5.86. The Hall–Kier alpha value is -3.35. The molecule has 2 aliphatic rings. The van der Waals surface area contributed by atoms with Crippen LogP contribution in [-0.4, -0.2) is 29.6 Å². The van der Waals surface area contributed by atoms with Gasteiger partial charge in [0, 0.05) is 26.4 Å². The van der Waals surface area contributed by atoms with Gasteiger partial charge in [-0.05, 0) is 36.8 Å². The highest BCUT2D eigenvalue weighted by atomic mass is 16.5. The number of aromatic nitrogens is 1. The van der Waals surface area contributed by atoms with Gasteiger partial charge < -0.3 is 9.64 Å². The van der Waals surface area contributed by atoms with Crippen molar-refractivity contribution in [2.45, 2.75) is 6.92 Å². The molecule has 0 radical (unpaired) electrons. The third kappa shape index (κ3) is 2.17. The van der Waals surface area contributed by atoms with Gasteiger partial charge in [-0.1, -0.05) is 12.1 Å². The second-order valence-corrected chi connectivity index (χ2v) is 6.33. The highest BCUT2D eigenvalue weighted by Crippen LogP contribution is 2.37. The van der Waals surface area contributed by atoms with E-state index in [1.807, 2.05) is 36.2 Å². The number of anilines is 1. The molecule has 132 valence electrons. The average Bonchev–Trinajstić information content (AvgIpc) is 3.11. The summed E-state index contributed by atoms with van der Waals surface area (Å²) in [6, 6.07) is 7.71. The zero-order valence-corrected chi connectivity index (χ0v) is 15.0. The predicted octanol–water partition coefficient (Wildman–Crippen LogP) is 0.465. The summed E-state index contributed by atoms with van der Waals surface area (Å²) in [5.74, 6) is 1.17. The number of fused-ring (bicyclic) bond motifs is 2. The third-order valence-corrected chi connectivity index (χ3v) is 4.77. The summed E-state index contributed by atoms with van der Waals surface area (Å²) in [7, 11) is 5.10. The Balaban J connectivity index is 1.87. The number of amides is 1. The van der Waals surface area contributed by atoms with E-state index < -0.39 is 0 Å². The molecule has 0 saturated carbocycles. The number of benzene rings is 1. The Morgan fingerprint density at radius 1 is 1.08 bits per heavy atom. The number of ether oxygens (including phenoxy) is 1. The van der Waals surface area contributed by atoms with Gasteiger partial charge in [-0.15, -0.1) is 0 Å². The smallest absolute Gasteiger partial charge is 0.277 e. The second kappa shape index (κ2) is 5.59. The van der Waals surface area contributed by atoms with E-state index in [0.29, 0.717) is 27.7 Å². The van der Waals surface area contributed by atoms with Crippen LogP contribution in [0.1, 0.15) is 15.9 Å². The molecule has 0 aliphatic carbocycles. The number of hydrogen-bond acceptors (Lipinski definition) is 5. The topological polar surface area (TPSA) is 67.1 Å². The summed E-state index contributed by atoms with van der Waals surface area (Å²) in [6.07, 6.45) is 3.44. The number of pyridine rings is 1. The molecule has 2 aromatic rings. The van der Waals surface area contributed by atoms with Crippen LogP contribution in [0.25, 0.3) is 6.08 Å². The maximum absolute atomic E-state index is 12.7. The van der Waals surface area contributed by atoms with Gasteiger partial charge in [-0.25, -0.2) is 5.01 Å². The molecule has 0 spiro atoms. The molecule has 0 bridgehead atoms. The third-order valence-electron chi connectivity index (χ3n) is 4.77. The molecule has 0 saturated heterocycles. The minimum absolute atomic E-state index is 0.205. The van der Waals surface area contributed by atoms with Crippen molar-refractivity contribution in [2.75, 3.05) is 19.0 Å². The fraction of sp³-hybridized carbons (Fsp3) is 0.211. The van der Waals surface area contributed by atoms with Crippen LogP contribution in [0.2, 0.25) is 0 Å². The first-order valence-corrected chi connectivity index (χ1v) is 8.19. The van der Waals surface area contributed by atoms with Crippen molar-refractivity contribution in [3.8, 4) is 5.75 Å². The van der Waals surface area contributed by atoms with E-state index in [-0.39, 0.29) is 11.5 Å². The first kappa shape index (κ1) is 16.1. The van der Waals surface area contributed by atoms with Crippen molar-refractivity contribution >= 4 is 17.7 Å². The summed E-state index contributed by atoms with van der Waals surface area (Å²) in [6.45, 7) is 1.77. The van der Waals surface area contributed by atoms with Gasteiger partial charge in [0.05, 0.1) is 11.3 Å². The number of rotatable bonds is 1. The number of para-hydroxylation sites is 2. The molecule has 2 aliphatic heterocycles. The first-order valence-electron chi connectivity index (χ1n) is 8.19. The van der Waals surface area contributed by atoms with E-state index >= 15 is 0 Å². The molecular weight excluding hydrogens is 332 g/mol. The Morgan fingerprint density at radius 2 is 1.81 bits per heavy atom. The highest BCUT2D eigenvalue weighted by molar-refractivity contribution is 5.96. The zero-order chi connectivity index (χ0) is 18.6. The van der Waals surface area contributed by atoms with Gasteiger partial charge >= 0.3 is 0 Å². The fourth-order valence-corrected chi connectivity index (χ4v) is 3.25. The molecule has 4 rings (SSSR count). The molecule has 0 atom stereocenters. The molecule has 0 N–H and O–H groups in total. The Morgan fingerprint density at radius 3 is 2.54 bits per heavy atom. The van der Waals surface area contributed by atoms with Gasteiger partial charge in [0.2, 0.25) is 0 Å². The lowest BCUT2D eigenvalue weighted by Crippen LogP contribution is -2.44. The minimum atomic E-state index is -0.211. The van der Waals surface area contributed by atoms with E-state index in [1.54, 1.807) is 33.2 Å². The average molecular weight is 350 g/mol. The van der Waals surface area contributed by atoms with Gasteiger partial charge in [0.15, 0.2) is 17.1 Å². The van der Waals surface area contributed by atoms with Crippen molar-refractivity contribution in [1.29, 1.82) is 0 Å². The van der Waals surface area contributed by atoms with Crippen molar-refractivity contribution in [3.63, 3.8) is 0 Å². The van der Waals surface area contributed by atoms with Crippen molar-refractivity contribution < 1.29 is 9.53 Å². The van der Waals surface area contributed by atoms with Crippen LogP contribution in [0.4, 0.5) is 5.69 Å². The lowest BCUT2D eigenvalue weighted by atomic mass is 10.1. The van der Waals surface area contributed by atoms with Crippen LogP contribution in [0.3, 0.4) is 0 Å². The lowest BCUT2D eigenvalue weighted by molar-refractivity contribution is 0.0815. The summed E-state index contributed by atoms with van der Waals surface area (Å²) in [4.78, 5) is 27.0. The van der Waals surface area contributed by atoms with Gasteiger partial charge in [0.1, 0.15) is 0 Å². The van der Waals surface area contributed by atoms with Crippen LogP contribution in [0.5, 0.6) is 5.75 Å². The molecule has 26 heavy (non-hydrogen) atoms. The van der Waals surface area contributed by atoms with Gasteiger partial charge in [-0.2, -0.15) is 5.10 Å². The molecule has 1 aromatic carbocycles. The molecule has 0 unspecified atom stereocenters. The van der Waals surface area contributed by atoms with E-state index in [4.69, 9.17) is 4.74 Å². The molecule has 7 nitrogen and oxygen atoms in total. The normalized spacial score (nSPS) is 17.5. The van der Waals surface area contributed by atoms with E-state index in [0.717, 1.165) is 11.4 Å². The zero-order valence-electron chi connectivity index (χ0n) is 15.0. The Kier molecular flexibility index (Phi) is 3.47. The summed E-state index contributed by atoms with van der Waals surface area (Å²) in [5.41, 5.74) is 2.23. The van der Waals surface area contributed by atoms with Crippen molar-refractivity contribution in [3.05, 3.63) is 68.4 Å². The maximum Gasteiger partial charge on any atom is 0.277 e. The number of hydrogen-bond donors (Lipinski definition) is 0. The van der Waals surface area contributed by atoms with Crippen molar-refractivity contribution in [2.24, 2.45) is 12.1 Å². The summed E-state index contributed by atoms with van der Waals surface area (Å²) >= 11 is 0. The van der Waals surface area contributed by atoms with Gasteiger partial charge in [0.25, 0.3) is 11.5 Å². The molecular formula is C19H18N4O3. The van der Waals surface area contributed by atoms with Crippen LogP contribution in [0.15, 0.2) is 46.1 Å². The van der Waals surface area contributed by atoms with E-state index in [1.165, 1.54) is 9.58 Å². The maximum atomic E-state index is 12.7. The fourth-order valence-electron chi connectivity index (χ4n) is 3.25.